The Kier molecular flexibility index (Phi) is 5.91. The molecule has 6 heteroatoms. The molecule has 1 heterocycles. The van der Waals surface area contributed by atoms with Crippen molar-refractivity contribution in [1.82, 2.24) is 15.1 Å². The topological polar surface area (TPSA) is 49.3 Å². The molecule has 0 aromatic heterocycles. The van der Waals surface area contributed by atoms with E-state index in [2.05, 4.69) is 46.2 Å². The zero-order valence-corrected chi connectivity index (χ0v) is 16.7. The summed E-state index contributed by atoms with van der Waals surface area (Å²) in [6, 6.07) is 5.48. The first-order valence-electron chi connectivity index (χ1n) is 9.48. The van der Waals surface area contributed by atoms with Crippen LogP contribution >= 0.6 is 0 Å². The summed E-state index contributed by atoms with van der Waals surface area (Å²) < 4.78 is 10.9. The average molecular weight is 361 g/mol. The molecule has 0 spiro atoms. The molecule has 1 N–H and O–H groups in total. The van der Waals surface area contributed by atoms with E-state index in [0.29, 0.717) is 6.04 Å². The Labute approximate surface area is 157 Å². The van der Waals surface area contributed by atoms with E-state index in [1.165, 1.54) is 24.0 Å². The molecule has 1 saturated carbocycles. The van der Waals surface area contributed by atoms with Crippen LogP contribution in [-0.2, 0) is 13.0 Å². The third-order valence-corrected chi connectivity index (χ3v) is 5.60. The molecule has 0 bridgehead atoms. The van der Waals surface area contributed by atoms with E-state index in [-0.39, 0.29) is 0 Å². The van der Waals surface area contributed by atoms with Gasteiger partial charge in [-0.2, -0.15) is 0 Å². The van der Waals surface area contributed by atoms with E-state index in [4.69, 9.17) is 9.47 Å². The smallest absolute Gasteiger partial charge is 0.194 e. The summed E-state index contributed by atoms with van der Waals surface area (Å²) in [5.41, 5.74) is 2.61. The number of guanidine groups is 1. The standard InChI is InChI=1S/C20H32N4O2/c1-14(23(3)17-6-7-17)12-22-20(21-2)24-9-8-15-10-18(25-4)19(26-5)11-16(15)13-24/h10-11,14,17H,6-9,12-13H2,1-5H3,(H,21,22). The lowest BCUT2D eigenvalue weighted by molar-refractivity contribution is 0.245. The number of hydrogen-bond acceptors (Lipinski definition) is 4. The summed E-state index contributed by atoms with van der Waals surface area (Å²) in [7, 11) is 7.46. The Balaban J connectivity index is 1.64. The second-order valence-electron chi connectivity index (χ2n) is 7.32. The first-order valence-corrected chi connectivity index (χ1v) is 9.48. The van der Waals surface area contributed by atoms with Crippen LogP contribution in [-0.4, -0.2) is 69.2 Å². The molecule has 1 aromatic rings. The van der Waals surface area contributed by atoms with Gasteiger partial charge in [0.2, 0.25) is 0 Å². The minimum atomic E-state index is 0.501. The normalized spacial score (nSPS) is 18.5. The van der Waals surface area contributed by atoms with Crippen LogP contribution in [0.1, 0.15) is 30.9 Å². The number of aliphatic imine (C=N–C) groups is 1. The number of ether oxygens (including phenoxy) is 2. The van der Waals surface area contributed by atoms with E-state index in [0.717, 1.165) is 49.6 Å². The molecular formula is C20H32N4O2. The molecule has 1 unspecified atom stereocenters. The lowest BCUT2D eigenvalue weighted by Crippen LogP contribution is -2.48. The average Bonchev–Trinajstić information content (AvgIpc) is 3.51. The van der Waals surface area contributed by atoms with Crippen molar-refractivity contribution in [2.75, 3.05) is 41.4 Å². The summed E-state index contributed by atoms with van der Waals surface area (Å²) in [4.78, 5) is 9.30. The Morgan fingerprint density at radius 1 is 1.27 bits per heavy atom. The van der Waals surface area contributed by atoms with Gasteiger partial charge in [0.25, 0.3) is 0 Å². The maximum absolute atomic E-state index is 5.46. The molecule has 0 saturated heterocycles. The largest absolute Gasteiger partial charge is 0.493 e. The summed E-state index contributed by atoms with van der Waals surface area (Å²) >= 11 is 0. The lowest BCUT2D eigenvalue weighted by atomic mass is 9.99. The van der Waals surface area contributed by atoms with E-state index in [9.17, 15) is 0 Å². The van der Waals surface area contributed by atoms with Crippen molar-refractivity contribution in [3.8, 4) is 11.5 Å². The number of nitrogens with one attached hydrogen (secondary N) is 1. The third-order valence-electron chi connectivity index (χ3n) is 5.60. The van der Waals surface area contributed by atoms with Gasteiger partial charge in [-0.3, -0.25) is 9.89 Å². The molecule has 144 valence electrons. The number of nitrogens with zero attached hydrogens (tertiary/aromatic N) is 3. The van der Waals surface area contributed by atoms with Gasteiger partial charge in [-0.25, -0.2) is 0 Å². The fraction of sp³-hybridized carbons (Fsp3) is 0.650. The summed E-state index contributed by atoms with van der Waals surface area (Å²) in [6.45, 7) is 4.98. The Morgan fingerprint density at radius 2 is 1.92 bits per heavy atom. The fourth-order valence-electron chi connectivity index (χ4n) is 3.62. The SMILES string of the molecule is CN=C(NCC(C)N(C)C1CC1)N1CCc2cc(OC)c(OC)cc2C1. The maximum atomic E-state index is 5.46. The van der Waals surface area contributed by atoms with Crippen LogP contribution in [0.3, 0.4) is 0 Å². The summed E-state index contributed by atoms with van der Waals surface area (Å²) in [6.07, 6.45) is 3.65. The van der Waals surface area contributed by atoms with Crippen LogP contribution in [0.15, 0.2) is 17.1 Å². The van der Waals surface area contributed by atoms with Gasteiger partial charge in [-0.1, -0.05) is 0 Å². The molecule has 1 aliphatic carbocycles. The molecular weight excluding hydrogens is 328 g/mol. The van der Waals surface area contributed by atoms with Crippen molar-refractivity contribution in [3.05, 3.63) is 23.3 Å². The van der Waals surface area contributed by atoms with Gasteiger partial charge >= 0.3 is 0 Å². The van der Waals surface area contributed by atoms with Crippen LogP contribution in [0, 0.1) is 0 Å². The number of hydrogen-bond donors (Lipinski definition) is 1. The van der Waals surface area contributed by atoms with Crippen molar-refractivity contribution in [3.63, 3.8) is 0 Å². The molecule has 3 rings (SSSR count). The summed E-state index contributed by atoms with van der Waals surface area (Å²) in [5.74, 6) is 2.57. The number of rotatable bonds is 6. The number of methoxy groups -OCH3 is 2. The predicted molar refractivity (Wildman–Crippen MR) is 105 cm³/mol. The minimum Gasteiger partial charge on any atom is -0.493 e. The zero-order chi connectivity index (χ0) is 18.7. The number of fused-ring (bicyclic) bond motifs is 1. The lowest BCUT2D eigenvalue weighted by Gasteiger charge is -2.33. The number of benzene rings is 1. The van der Waals surface area contributed by atoms with Gasteiger partial charge in [-0.05, 0) is 56.5 Å². The second kappa shape index (κ2) is 8.16. The predicted octanol–water partition coefficient (Wildman–Crippen LogP) is 2.12. The quantitative estimate of drug-likeness (QED) is 0.622. The van der Waals surface area contributed by atoms with Gasteiger partial charge < -0.3 is 19.7 Å². The first kappa shape index (κ1) is 18.8. The maximum Gasteiger partial charge on any atom is 0.194 e. The molecule has 1 aromatic carbocycles. The Morgan fingerprint density at radius 3 is 2.50 bits per heavy atom. The second-order valence-corrected chi connectivity index (χ2v) is 7.32. The molecule has 6 nitrogen and oxygen atoms in total. The van der Waals surface area contributed by atoms with Gasteiger partial charge in [0.1, 0.15) is 0 Å². The molecule has 1 atom stereocenters. The Bertz CT molecular complexity index is 657. The van der Waals surface area contributed by atoms with Gasteiger partial charge in [0.05, 0.1) is 14.2 Å². The molecule has 2 aliphatic rings. The molecule has 0 amide bonds. The Hall–Kier alpha value is -1.95. The van der Waals surface area contributed by atoms with Crippen LogP contribution < -0.4 is 14.8 Å². The van der Waals surface area contributed by atoms with Crippen LogP contribution in [0.2, 0.25) is 0 Å². The van der Waals surface area contributed by atoms with Crippen molar-refractivity contribution >= 4 is 5.96 Å². The molecule has 1 fully saturated rings. The van der Waals surface area contributed by atoms with Gasteiger partial charge in [0.15, 0.2) is 17.5 Å². The number of likely N-dealkylation sites (N-methyl/N-ethyl adjacent to an activating group) is 1. The highest BCUT2D eigenvalue weighted by atomic mass is 16.5. The van der Waals surface area contributed by atoms with E-state index >= 15 is 0 Å². The van der Waals surface area contributed by atoms with Crippen molar-refractivity contribution in [1.29, 1.82) is 0 Å². The van der Waals surface area contributed by atoms with E-state index in [1.807, 2.05) is 7.05 Å². The van der Waals surface area contributed by atoms with E-state index in [1.54, 1.807) is 14.2 Å². The van der Waals surface area contributed by atoms with E-state index < -0.39 is 0 Å². The minimum absolute atomic E-state index is 0.501. The molecule has 0 radical (unpaired) electrons. The van der Waals surface area contributed by atoms with Crippen LogP contribution in [0.5, 0.6) is 11.5 Å². The highest BCUT2D eigenvalue weighted by molar-refractivity contribution is 5.80. The summed E-state index contributed by atoms with van der Waals surface area (Å²) in [5, 5.41) is 3.56. The van der Waals surface area contributed by atoms with Crippen LogP contribution in [0.4, 0.5) is 0 Å². The third kappa shape index (κ3) is 4.06. The van der Waals surface area contributed by atoms with Crippen molar-refractivity contribution in [2.24, 2.45) is 4.99 Å². The fourth-order valence-corrected chi connectivity index (χ4v) is 3.62. The van der Waals surface area contributed by atoms with Crippen LogP contribution in [0.25, 0.3) is 0 Å². The zero-order valence-electron chi connectivity index (χ0n) is 16.7. The first-order chi connectivity index (χ1) is 12.6. The van der Waals surface area contributed by atoms with Crippen molar-refractivity contribution in [2.45, 2.75) is 44.8 Å². The molecule has 26 heavy (non-hydrogen) atoms. The highest BCUT2D eigenvalue weighted by Gasteiger charge is 2.29. The highest BCUT2D eigenvalue weighted by Crippen LogP contribution is 2.33. The van der Waals surface area contributed by atoms with Gasteiger partial charge in [0, 0.05) is 38.8 Å². The monoisotopic (exact) mass is 360 g/mol. The van der Waals surface area contributed by atoms with Crippen molar-refractivity contribution < 1.29 is 9.47 Å². The molecule has 1 aliphatic heterocycles. The van der Waals surface area contributed by atoms with Gasteiger partial charge in [-0.15, -0.1) is 0 Å².